The first-order chi connectivity index (χ1) is 13.9. The van der Waals surface area contributed by atoms with Gasteiger partial charge >= 0.3 is 0 Å². The second kappa shape index (κ2) is 8.62. The fourth-order valence-electron chi connectivity index (χ4n) is 3.27. The third-order valence-electron chi connectivity index (χ3n) is 4.81. The fraction of sp³-hybridized carbons (Fsp3) is 0.250. The van der Waals surface area contributed by atoms with E-state index in [-0.39, 0.29) is 14.9 Å². The number of rotatable bonds is 5. The first kappa shape index (κ1) is 20.6. The molecule has 0 radical (unpaired) electrons. The number of hydrogen-bond acceptors (Lipinski definition) is 5. The summed E-state index contributed by atoms with van der Waals surface area (Å²) in [6.45, 7) is 1.91. The van der Waals surface area contributed by atoms with Crippen LogP contribution in [0.25, 0.3) is 0 Å². The third-order valence-corrected chi connectivity index (χ3v) is 8.63. The highest BCUT2D eigenvalue weighted by Gasteiger charge is 2.31. The minimum Gasteiger partial charge on any atom is -0.345 e. The molecule has 0 aliphatic carbocycles. The van der Waals surface area contributed by atoms with Gasteiger partial charge in [-0.25, -0.2) is 13.4 Å². The average Bonchev–Trinajstić information content (AvgIpc) is 3.19. The third kappa shape index (κ3) is 4.44. The maximum atomic E-state index is 13.0. The fourth-order valence-corrected chi connectivity index (χ4v) is 6.31. The minimum absolute atomic E-state index is 0.0551. The van der Waals surface area contributed by atoms with Crippen LogP contribution in [0.4, 0.5) is 5.13 Å². The number of thiazole rings is 1. The van der Waals surface area contributed by atoms with E-state index >= 15 is 0 Å². The van der Waals surface area contributed by atoms with Crippen LogP contribution in [0.5, 0.6) is 0 Å². The van der Waals surface area contributed by atoms with E-state index in [4.69, 9.17) is 28.2 Å². The molecule has 3 aromatic rings. The average molecular weight is 468 g/mol. The number of piperazine rings is 1. The van der Waals surface area contributed by atoms with Crippen LogP contribution in [-0.4, -0.2) is 43.9 Å². The van der Waals surface area contributed by atoms with Gasteiger partial charge in [-0.05, 0) is 17.7 Å². The number of aromatic nitrogens is 1. The predicted octanol–water partition coefficient (Wildman–Crippen LogP) is 4.55. The van der Waals surface area contributed by atoms with Crippen LogP contribution in [-0.2, 0) is 16.4 Å². The Kier molecular flexibility index (Phi) is 6.13. The first-order valence-corrected chi connectivity index (χ1v) is 12.2. The summed E-state index contributed by atoms with van der Waals surface area (Å²) in [5.74, 6) is 0. The molecule has 1 aromatic heterocycles. The zero-order valence-electron chi connectivity index (χ0n) is 15.5. The Labute approximate surface area is 184 Å². The second-order valence-electron chi connectivity index (χ2n) is 6.73. The quantitative estimate of drug-likeness (QED) is 0.551. The molecule has 152 valence electrons. The van der Waals surface area contributed by atoms with Crippen molar-refractivity contribution in [2.75, 3.05) is 31.1 Å². The summed E-state index contributed by atoms with van der Waals surface area (Å²) in [6, 6.07) is 14.9. The Morgan fingerprint density at radius 1 is 0.966 bits per heavy atom. The smallest absolute Gasteiger partial charge is 0.244 e. The summed E-state index contributed by atoms with van der Waals surface area (Å²) in [5.41, 5.74) is 2.25. The van der Waals surface area contributed by atoms with Gasteiger partial charge in [0.05, 0.1) is 15.7 Å². The van der Waals surface area contributed by atoms with Crippen LogP contribution >= 0.6 is 34.5 Å². The summed E-state index contributed by atoms with van der Waals surface area (Å²) in [5, 5.41) is 3.30. The summed E-state index contributed by atoms with van der Waals surface area (Å²) < 4.78 is 27.4. The molecule has 4 rings (SSSR count). The topological polar surface area (TPSA) is 53.5 Å². The van der Waals surface area contributed by atoms with Crippen molar-refractivity contribution < 1.29 is 8.42 Å². The Morgan fingerprint density at radius 3 is 2.41 bits per heavy atom. The predicted molar refractivity (Wildman–Crippen MR) is 119 cm³/mol. The van der Waals surface area contributed by atoms with Gasteiger partial charge in [0.25, 0.3) is 0 Å². The van der Waals surface area contributed by atoms with Crippen LogP contribution in [0, 0.1) is 0 Å². The van der Waals surface area contributed by atoms with Crippen molar-refractivity contribution in [2.24, 2.45) is 0 Å². The molecule has 0 saturated carbocycles. The van der Waals surface area contributed by atoms with Crippen molar-refractivity contribution in [3.63, 3.8) is 0 Å². The van der Waals surface area contributed by atoms with E-state index in [1.54, 1.807) is 23.5 Å². The molecule has 0 amide bonds. The Balaban J connectivity index is 1.43. The summed E-state index contributed by atoms with van der Waals surface area (Å²) in [6.07, 6.45) is 0.791. The normalized spacial score (nSPS) is 15.6. The molecule has 29 heavy (non-hydrogen) atoms. The molecule has 0 spiro atoms. The van der Waals surface area contributed by atoms with E-state index in [2.05, 4.69) is 22.4 Å². The number of hydrogen-bond donors (Lipinski definition) is 0. The van der Waals surface area contributed by atoms with E-state index in [0.717, 1.165) is 17.2 Å². The van der Waals surface area contributed by atoms with Gasteiger partial charge in [-0.15, -0.1) is 11.3 Å². The summed E-state index contributed by atoms with van der Waals surface area (Å²) in [4.78, 5) is 6.92. The SMILES string of the molecule is O=S(=O)(c1cccc(Cl)c1Cl)N1CCN(c2nc(Cc3ccccc3)cs2)CC1. The van der Waals surface area contributed by atoms with E-state index in [9.17, 15) is 8.42 Å². The summed E-state index contributed by atoms with van der Waals surface area (Å²) >= 11 is 13.7. The van der Waals surface area contributed by atoms with Gasteiger partial charge in [0.1, 0.15) is 4.90 Å². The lowest BCUT2D eigenvalue weighted by atomic mass is 10.1. The molecule has 2 aromatic carbocycles. The number of halogens is 2. The highest BCUT2D eigenvalue weighted by Crippen LogP contribution is 2.32. The Bertz CT molecular complexity index is 1100. The zero-order valence-corrected chi connectivity index (χ0v) is 18.6. The molecule has 0 atom stereocenters. The Hall–Kier alpha value is -1.64. The molecule has 1 aliphatic heterocycles. The molecular formula is C20H19Cl2N3O2S2. The lowest BCUT2D eigenvalue weighted by molar-refractivity contribution is 0.384. The lowest BCUT2D eigenvalue weighted by Gasteiger charge is -2.34. The maximum absolute atomic E-state index is 13.0. The van der Waals surface area contributed by atoms with E-state index < -0.39 is 10.0 Å². The van der Waals surface area contributed by atoms with Gasteiger partial charge in [-0.2, -0.15) is 4.31 Å². The van der Waals surface area contributed by atoms with Crippen molar-refractivity contribution in [3.05, 3.63) is 75.2 Å². The molecule has 0 bridgehead atoms. The number of nitrogens with zero attached hydrogens (tertiary/aromatic N) is 3. The molecule has 1 aliphatic rings. The molecule has 9 heteroatoms. The van der Waals surface area contributed by atoms with Gasteiger partial charge in [-0.3, -0.25) is 0 Å². The second-order valence-corrected chi connectivity index (χ2v) is 10.3. The molecule has 2 heterocycles. The van der Waals surface area contributed by atoms with Crippen LogP contribution in [0.3, 0.4) is 0 Å². The van der Waals surface area contributed by atoms with Crippen molar-refractivity contribution >= 4 is 49.7 Å². The highest BCUT2D eigenvalue weighted by atomic mass is 35.5. The van der Waals surface area contributed by atoms with Gasteiger partial charge in [-0.1, -0.05) is 59.6 Å². The lowest BCUT2D eigenvalue weighted by Crippen LogP contribution is -2.48. The first-order valence-electron chi connectivity index (χ1n) is 9.12. The number of sulfonamides is 1. The Morgan fingerprint density at radius 2 is 1.69 bits per heavy atom. The van der Waals surface area contributed by atoms with Gasteiger partial charge in [0, 0.05) is 38.0 Å². The van der Waals surface area contributed by atoms with Gasteiger partial charge < -0.3 is 4.90 Å². The van der Waals surface area contributed by atoms with Crippen LogP contribution in [0.1, 0.15) is 11.3 Å². The van der Waals surface area contributed by atoms with Crippen LogP contribution < -0.4 is 4.90 Å². The van der Waals surface area contributed by atoms with E-state index in [1.165, 1.54) is 15.9 Å². The molecule has 0 unspecified atom stereocenters. The standard InChI is InChI=1S/C20H19Cl2N3O2S2/c21-17-7-4-8-18(19(17)22)29(26,27)25-11-9-24(10-12-25)20-23-16(14-28-20)13-15-5-2-1-3-6-15/h1-8,14H,9-13H2. The highest BCUT2D eigenvalue weighted by molar-refractivity contribution is 7.89. The van der Waals surface area contributed by atoms with Crippen molar-refractivity contribution in [1.29, 1.82) is 0 Å². The van der Waals surface area contributed by atoms with Gasteiger partial charge in [0.2, 0.25) is 10.0 Å². The molecule has 0 N–H and O–H groups in total. The number of benzene rings is 2. The minimum atomic E-state index is -3.68. The zero-order chi connectivity index (χ0) is 20.4. The molecule has 1 fully saturated rings. The van der Waals surface area contributed by atoms with Crippen molar-refractivity contribution in [1.82, 2.24) is 9.29 Å². The van der Waals surface area contributed by atoms with Crippen LogP contribution in [0.15, 0.2) is 58.8 Å². The molecular weight excluding hydrogens is 449 g/mol. The summed E-state index contributed by atoms with van der Waals surface area (Å²) in [7, 11) is -3.68. The van der Waals surface area contributed by atoms with Crippen molar-refractivity contribution in [2.45, 2.75) is 11.3 Å². The largest absolute Gasteiger partial charge is 0.345 e. The van der Waals surface area contributed by atoms with E-state index in [1.807, 2.05) is 18.2 Å². The van der Waals surface area contributed by atoms with E-state index in [0.29, 0.717) is 26.2 Å². The van der Waals surface area contributed by atoms with Crippen LogP contribution in [0.2, 0.25) is 10.0 Å². The number of anilines is 1. The molecule has 1 saturated heterocycles. The molecule has 5 nitrogen and oxygen atoms in total. The monoisotopic (exact) mass is 467 g/mol. The van der Waals surface area contributed by atoms with Crippen molar-refractivity contribution in [3.8, 4) is 0 Å². The van der Waals surface area contributed by atoms with Gasteiger partial charge in [0.15, 0.2) is 5.13 Å². The maximum Gasteiger partial charge on any atom is 0.244 e.